The van der Waals surface area contributed by atoms with E-state index in [4.69, 9.17) is 11.6 Å². The summed E-state index contributed by atoms with van der Waals surface area (Å²) in [6.45, 7) is 0. The fourth-order valence-corrected chi connectivity index (χ4v) is 2.29. The van der Waals surface area contributed by atoms with Crippen molar-refractivity contribution >= 4 is 22.5 Å². The van der Waals surface area contributed by atoms with Gasteiger partial charge in [-0.25, -0.2) is 9.97 Å². The molecule has 0 amide bonds. The molecule has 0 atom stereocenters. The molecule has 0 aliphatic rings. The Balaban J connectivity index is 2.33. The number of halogens is 4. The average molecular weight is 325 g/mol. The molecule has 1 N–H and O–H groups in total. The Morgan fingerprint density at radius 1 is 0.955 bits per heavy atom. The molecule has 0 saturated carbocycles. The van der Waals surface area contributed by atoms with Gasteiger partial charge in [-0.2, -0.15) is 13.2 Å². The molecular formula is C15H8ClF3N2O. The van der Waals surface area contributed by atoms with Gasteiger partial charge >= 0.3 is 6.18 Å². The van der Waals surface area contributed by atoms with Crippen LogP contribution in [0, 0.1) is 0 Å². The van der Waals surface area contributed by atoms with E-state index in [1.807, 2.05) is 0 Å². The lowest BCUT2D eigenvalue weighted by molar-refractivity contribution is -0.139. The minimum atomic E-state index is -4.63. The van der Waals surface area contributed by atoms with E-state index in [2.05, 4.69) is 9.97 Å². The molecule has 0 spiro atoms. The summed E-state index contributed by atoms with van der Waals surface area (Å²) in [6, 6.07) is 9.75. The number of aromatic hydroxyl groups is 1. The summed E-state index contributed by atoms with van der Waals surface area (Å²) in [5, 5.41) is 9.23. The van der Waals surface area contributed by atoms with Crippen molar-refractivity contribution in [3.63, 3.8) is 0 Å². The van der Waals surface area contributed by atoms with Gasteiger partial charge < -0.3 is 5.11 Å². The maximum Gasteiger partial charge on any atom is 0.434 e. The number of fused-ring (bicyclic) bond motifs is 1. The first kappa shape index (κ1) is 14.6. The first-order valence-corrected chi connectivity index (χ1v) is 6.57. The fraction of sp³-hybridized carbons (Fsp3) is 0.0667. The Bertz CT molecular complexity index is 848. The summed E-state index contributed by atoms with van der Waals surface area (Å²) in [5.74, 6) is -0.105. The van der Waals surface area contributed by atoms with Gasteiger partial charge in [0, 0.05) is 10.9 Å². The Morgan fingerprint density at radius 3 is 2.27 bits per heavy atom. The number of hydrogen-bond donors (Lipinski definition) is 1. The number of phenolic OH excluding ortho intramolecular Hbond substituents is 1. The zero-order valence-corrected chi connectivity index (χ0v) is 11.7. The molecule has 22 heavy (non-hydrogen) atoms. The summed E-state index contributed by atoms with van der Waals surface area (Å²) in [7, 11) is 0. The molecule has 1 heterocycles. The summed E-state index contributed by atoms with van der Waals surface area (Å²) in [6.07, 6.45) is -4.63. The molecule has 0 radical (unpaired) electrons. The lowest BCUT2D eigenvalue weighted by atomic mass is 10.1. The molecule has 0 unspecified atom stereocenters. The van der Waals surface area contributed by atoms with Gasteiger partial charge in [-0.05, 0) is 30.3 Å². The van der Waals surface area contributed by atoms with E-state index in [0.29, 0.717) is 5.56 Å². The third-order valence-corrected chi connectivity index (χ3v) is 3.38. The number of para-hydroxylation sites is 1. The third kappa shape index (κ3) is 2.57. The molecule has 112 valence electrons. The number of hydrogen-bond acceptors (Lipinski definition) is 3. The zero-order valence-electron chi connectivity index (χ0n) is 10.9. The molecule has 3 rings (SSSR count). The topological polar surface area (TPSA) is 46.0 Å². The number of nitrogens with zero attached hydrogens (tertiary/aromatic N) is 2. The lowest BCUT2D eigenvalue weighted by Crippen LogP contribution is -2.11. The molecule has 0 aliphatic heterocycles. The van der Waals surface area contributed by atoms with E-state index in [1.165, 1.54) is 42.5 Å². The van der Waals surface area contributed by atoms with Gasteiger partial charge in [0.05, 0.1) is 10.5 Å². The SMILES string of the molecule is Oc1ccc(-c2nc(C(F)(F)F)c3cccc(Cl)c3n2)cc1. The number of alkyl halides is 3. The summed E-state index contributed by atoms with van der Waals surface area (Å²) in [4.78, 5) is 7.76. The fourth-order valence-electron chi connectivity index (χ4n) is 2.07. The van der Waals surface area contributed by atoms with Gasteiger partial charge in [-0.15, -0.1) is 0 Å². The van der Waals surface area contributed by atoms with Crippen molar-refractivity contribution < 1.29 is 18.3 Å². The Labute approximate surface area is 128 Å². The Kier molecular flexibility index (Phi) is 3.41. The molecular weight excluding hydrogens is 317 g/mol. The summed E-state index contributed by atoms with van der Waals surface area (Å²) < 4.78 is 39.7. The van der Waals surface area contributed by atoms with Crippen molar-refractivity contribution in [1.82, 2.24) is 9.97 Å². The van der Waals surface area contributed by atoms with Gasteiger partial charge in [0.15, 0.2) is 11.5 Å². The largest absolute Gasteiger partial charge is 0.508 e. The van der Waals surface area contributed by atoms with Crippen LogP contribution in [0.25, 0.3) is 22.3 Å². The predicted octanol–water partition coefficient (Wildman–Crippen LogP) is 4.67. The highest BCUT2D eigenvalue weighted by atomic mass is 35.5. The molecule has 0 aliphatic carbocycles. The van der Waals surface area contributed by atoms with Gasteiger partial charge in [-0.3, -0.25) is 0 Å². The minimum Gasteiger partial charge on any atom is -0.508 e. The van der Waals surface area contributed by atoms with Crippen molar-refractivity contribution in [3.8, 4) is 17.1 Å². The summed E-state index contributed by atoms with van der Waals surface area (Å²) in [5.41, 5.74) is -0.650. The molecule has 1 aromatic heterocycles. The molecule has 0 bridgehead atoms. The van der Waals surface area contributed by atoms with E-state index in [-0.39, 0.29) is 27.5 Å². The second-order valence-corrected chi connectivity index (χ2v) is 4.98. The van der Waals surface area contributed by atoms with E-state index in [9.17, 15) is 18.3 Å². The molecule has 0 fully saturated rings. The monoisotopic (exact) mass is 324 g/mol. The highest BCUT2D eigenvalue weighted by Crippen LogP contribution is 2.36. The van der Waals surface area contributed by atoms with Gasteiger partial charge in [0.2, 0.25) is 0 Å². The standard InChI is InChI=1S/C15H8ClF3N2O/c16-11-3-1-2-10-12(11)20-14(21-13(10)15(17,18)19)8-4-6-9(22)7-5-8/h1-7,22H. The van der Waals surface area contributed by atoms with Crippen molar-refractivity contribution in [1.29, 1.82) is 0 Å². The Hall–Kier alpha value is -2.34. The van der Waals surface area contributed by atoms with Crippen LogP contribution in [0.2, 0.25) is 5.02 Å². The average Bonchev–Trinajstić information content (AvgIpc) is 2.46. The van der Waals surface area contributed by atoms with E-state index in [1.54, 1.807) is 0 Å². The van der Waals surface area contributed by atoms with Crippen LogP contribution in [0.15, 0.2) is 42.5 Å². The van der Waals surface area contributed by atoms with E-state index >= 15 is 0 Å². The lowest BCUT2D eigenvalue weighted by Gasteiger charge is -2.12. The predicted molar refractivity (Wildman–Crippen MR) is 76.7 cm³/mol. The van der Waals surface area contributed by atoms with Crippen LogP contribution in [-0.2, 0) is 6.18 Å². The molecule has 2 aromatic carbocycles. The number of aromatic nitrogens is 2. The molecule has 3 aromatic rings. The second-order valence-electron chi connectivity index (χ2n) is 4.58. The molecule has 0 saturated heterocycles. The number of benzene rings is 2. The van der Waals surface area contributed by atoms with Crippen LogP contribution in [0.1, 0.15) is 5.69 Å². The van der Waals surface area contributed by atoms with Crippen molar-refractivity contribution in [2.24, 2.45) is 0 Å². The van der Waals surface area contributed by atoms with Crippen molar-refractivity contribution in [2.45, 2.75) is 6.18 Å². The first-order chi connectivity index (χ1) is 10.4. The summed E-state index contributed by atoms with van der Waals surface area (Å²) >= 11 is 5.97. The van der Waals surface area contributed by atoms with Gasteiger partial charge in [0.25, 0.3) is 0 Å². The van der Waals surface area contributed by atoms with Gasteiger partial charge in [0.1, 0.15) is 5.75 Å². The number of rotatable bonds is 1. The first-order valence-electron chi connectivity index (χ1n) is 6.19. The van der Waals surface area contributed by atoms with Crippen LogP contribution in [0.3, 0.4) is 0 Å². The van der Waals surface area contributed by atoms with Crippen LogP contribution in [-0.4, -0.2) is 15.1 Å². The Morgan fingerprint density at radius 2 is 1.64 bits per heavy atom. The maximum absolute atomic E-state index is 13.2. The highest BCUT2D eigenvalue weighted by molar-refractivity contribution is 6.35. The van der Waals surface area contributed by atoms with Gasteiger partial charge in [-0.1, -0.05) is 23.7 Å². The smallest absolute Gasteiger partial charge is 0.434 e. The second kappa shape index (κ2) is 5.14. The molecule has 3 nitrogen and oxygen atoms in total. The number of phenols is 1. The van der Waals surface area contributed by atoms with Crippen LogP contribution < -0.4 is 0 Å². The zero-order chi connectivity index (χ0) is 15.9. The van der Waals surface area contributed by atoms with Crippen LogP contribution in [0.5, 0.6) is 5.75 Å². The maximum atomic E-state index is 13.2. The van der Waals surface area contributed by atoms with Crippen molar-refractivity contribution in [2.75, 3.05) is 0 Å². The van der Waals surface area contributed by atoms with Crippen LogP contribution >= 0.6 is 11.6 Å². The minimum absolute atomic E-state index is 0.00128. The van der Waals surface area contributed by atoms with E-state index < -0.39 is 11.9 Å². The molecule has 7 heteroatoms. The van der Waals surface area contributed by atoms with Crippen molar-refractivity contribution in [3.05, 3.63) is 53.2 Å². The van der Waals surface area contributed by atoms with E-state index in [0.717, 1.165) is 0 Å². The quantitative estimate of drug-likeness (QED) is 0.707. The normalized spacial score (nSPS) is 11.8. The third-order valence-electron chi connectivity index (χ3n) is 3.07. The highest BCUT2D eigenvalue weighted by Gasteiger charge is 2.35. The van der Waals surface area contributed by atoms with Crippen LogP contribution in [0.4, 0.5) is 13.2 Å².